The number of rotatable bonds is 3. The summed E-state index contributed by atoms with van der Waals surface area (Å²) < 4.78 is 19.0. The van der Waals surface area contributed by atoms with Crippen LogP contribution in [0.2, 0.25) is 0 Å². The predicted octanol–water partition coefficient (Wildman–Crippen LogP) is 2.98. The fraction of sp³-hybridized carbons (Fsp3) is 0.263. The Bertz CT molecular complexity index is 803. The van der Waals surface area contributed by atoms with Crippen LogP contribution in [-0.2, 0) is 11.3 Å². The number of nitriles is 1. The molecule has 25 heavy (non-hydrogen) atoms. The topological polar surface area (TPSA) is 65.4 Å². The van der Waals surface area contributed by atoms with E-state index in [2.05, 4.69) is 11.4 Å². The molecule has 0 radical (unpaired) electrons. The van der Waals surface area contributed by atoms with Crippen LogP contribution < -0.4 is 5.32 Å². The molecule has 3 rings (SSSR count). The van der Waals surface area contributed by atoms with Crippen molar-refractivity contribution in [3.8, 4) is 6.07 Å². The number of hydrogen-bond donors (Lipinski definition) is 1. The molecule has 1 heterocycles. The highest BCUT2D eigenvalue weighted by atomic mass is 19.1. The monoisotopic (exact) mass is 339 g/mol. The van der Waals surface area contributed by atoms with Gasteiger partial charge in [0.15, 0.2) is 0 Å². The standard InChI is InChI=1S/C19H18FN3O2/c20-17-6-2-5-16(10-17)18-13-23(7-8-25-18)19(24)22-12-15-4-1-3-14(9-15)11-21/h1-6,9-10,18H,7-8,12-13H2,(H,22,24). The van der Waals surface area contributed by atoms with Gasteiger partial charge >= 0.3 is 6.03 Å². The van der Waals surface area contributed by atoms with Gasteiger partial charge in [-0.05, 0) is 35.4 Å². The Hall–Kier alpha value is -2.91. The van der Waals surface area contributed by atoms with E-state index in [1.807, 2.05) is 6.07 Å². The van der Waals surface area contributed by atoms with Crippen molar-refractivity contribution in [2.45, 2.75) is 12.6 Å². The Morgan fingerprint density at radius 2 is 2.16 bits per heavy atom. The third-order valence-corrected chi connectivity index (χ3v) is 4.07. The van der Waals surface area contributed by atoms with Crippen LogP contribution in [0, 0.1) is 17.1 Å². The zero-order valence-corrected chi connectivity index (χ0v) is 13.6. The van der Waals surface area contributed by atoms with Gasteiger partial charge < -0.3 is 15.0 Å². The molecule has 0 aliphatic carbocycles. The highest BCUT2D eigenvalue weighted by molar-refractivity contribution is 5.74. The minimum absolute atomic E-state index is 0.202. The zero-order valence-electron chi connectivity index (χ0n) is 13.6. The van der Waals surface area contributed by atoms with Gasteiger partial charge in [-0.3, -0.25) is 0 Å². The Labute approximate surface area is 145 Å². The van der Waals surface area contributed by atoms with Crippen molar-refractivity contribution in [1.82, 2.24) is 10.2 Å². The summed E-state index contributed by atoms with van der Waals surface area (Å²) in [5.41, 5.74) is 2.14. The number of urea groups is 1. The molecule has 1 aliphatic rings. The largest absolute Gasteiger partial charge is 0.370 e. The molecule has 1 aliphatic heterocycles. The second-order valence-electron chi connectivity index (χ2n) is 5.83. The first-order valence-electron chi connectivity index (χ1n) is 8.04. The summed E-state index contributed by atoms with van der Waals surface area (Å²) >= 11 is 0. The van der Waals surface area contributed by atoms with E-state index in [0.717, 1.165) is 11.1 Å². The first-order chi connectivity index (χ1) is 12.2. The third-order valence-electron chi connectivity index (χ3n) is 4.07. The number of carbonyl (C=O) groups excluding carboxylic acids is 1. The maximum atomic E-state index is 13.4. The molecule has 2 aromatic carbocycles. The molecule has 0 spiro atoms. The molecule has 5 nitrogen and oxygen atoms in total. The van der Waals surface area contributed by atoms with Gasteiger partial charge in [0.1, 0.15) is 11.9 Å². The van der Waals surface area contributed by atoms with Gasteiger partial charge in [0.2, 0.25) is 0 Å². The lowest BCUT2D eigenvalue weighted by atomic mass is 10.1. The lowest BCUT2D eigenvalue weighted by Gasteiger charge is -2.33. The highest BCUT2D eigenvalue weighted by Crippen LogP contribution is 2.22. The van der Waals surface area contributed by atoms with E-state index in [1.165, 1.54) is 12.1 Å². The van der Waals surface area contributed by atoms with Crippen LogP contribution in [0.15, 0.2) is 48.5 Å². The van der Waals surface area contributed by atoms with Gasteiger partial charge in [0.25, 0.3) is 0 Å². The second-order valence-corrected chi connectivity index (χ2v) is 5.83. The van der Waals surface area contributed by atoms with Crippen molar-refractivity contribution in [3.05, 3.63) is 71.0 Å². The van der Waals surface area contributed by atoms with Crippen LogP contribution in [-0.4, -0.2) is 30.6 Å². The number of amides is 2. The number of hydrogen-bond acceptors (Lipinski definition) is 3. The molecule has 0 saturated carbocycles. The van der Waals surface area contributed by atoms with E-state index in [9.17, 15) is 9.18 Å². The van der Waals surface area contributed by atoms with E-state index in [4.69, 9.17) is 10.00 Å². The minimum atomic E-state index is -0.336. The smallest absolute Gasteiger partial charge is 0.317 e. The van der Waals surface area contributed by atoms with Crippen LogP contribution in [0.4, 0.5) is 9.18 Å². The Morgan fingerprint density at radius 1 is 1.32 bits per heavy atom. The van der Waals surface area contributed by atoms with Crippen molar-refractivity contribution in [2.24, 2.45) is 0 Å². The molecule has 2 aromatic rings. The number of morpholine rings is 1. The van der Waals surface area contributed by atoms with Crippen molar-refractivity contribution in [3.63, 3.8) is 0 Å². The molecule has 1 unspecified atom stereocenters. The maximum Gasteiger partial charge on any atom is 0.317 e. The van der Waals surface area contributed by atoms with Gasteiger partial charge in [0.05, 0.1) is 24.8 Å². The van der Waals surface area contributed by atoms with Gasteiger partial charge in [-0.1, -0.05) is 24.3 Å². The van der Waals surface area contributed by atoms with Crippen LogP contribution in [0.1, 0.15) is 22.8 Å². The molecule has 0 aromatic heterocycles. The predicted molar refractivity (Wildman–Crippen MR) is 90.1 cm³/mol. The summed E-state index contributed by atoms with van der Waals surface area (Å²) in [6.45, 7) is 1.60. The summed E-state index contributed by atoms with van der Waals surface area (Å²) in [7, 11) is 0. The van der Waals surface area contributed by atoms with Gasteiger partial charge in [-0.2, -0.15) is 5.26 Å². The molecule has 1 N–H and O–H groups in total. The quantitative estimate of drug-likeness (QED) is 0.935. The lowest BCUT2D eigenvalue weighted by molar-refractivity contribution is -0.0156. The molecule has 128 valence electrons. The minimum Gasteiger partial charge on any atom is -0.370 e. The SMILES string of the molecule is N#Cc1cccc(CNC(=O)N2CCOC(c3cccc(F)c3)C2)c1. The molecular formula is C19H18FN3O2. The Morgan fingerprint density at radius 3 is 2.96 bits per heavy atom. The summed E-state index contributed by atoms with van der Waals surface area (Å²) in [5.74, 6) is -0.319. The fourth-order valence-electron chi connectivity index (χ4n) is 2.78. The van der Waals surface area contributed by atoms with Crippen LogP contribution >= 0.6 is 0 Å². The van der Waals surface area contributed by atoms with Crippen molar-refractivity contribution >= 4 is 6.03 Å². The highest BCUT2D eigenvalue weighted by Gasteiger charge is 2.25. The molecule has 2 amide bonds. The van der Waals surface area contributed by atoms with E-state index < -0.39 is 0 Å². The van der Waals surface area contributed by atoms with Crippen molar-refractivity contribution in [1.29, 1.82) is 5.26 Å². The molecule has 0 bridgehead atoms. The Balaban J connectivity index is 1.59. The first-order valence-corrected chi connectivity index (χ1v) is 8.04. The van der Waals surface area contributed by atoms with Crippen LogP contribution in [0.3, 0.4) is 0 Å². The molecular weight excluding hydrogens is 321 g/mol. The zero-order chi connectivity index (χ0) is 17.6. The van der Waals surface area contributed by atoms with Crippen LogP contribution in [0.5, 0.6) is 0 Å². The summed E-state index contributed by atoms with van der Waals surface area (Å²) in [5, 5.41) is 11.8. The average molecular weight is 339 g/mol. The Kier molecular flexibility index (Phi) is 5.26. The summed E-state index contributed by atoms with van der Waals surface area (Å²) in [6, 6.07) is 15.2. The van der Waals surface area contributed by atoms with Gasteiger partial charge in [-0.25, -0.2) is 9.18 Å². The second kappa shape index (κ2) is 7.77. The number of ether oxygens (including phenoxy) is 1. The van der Waals surface area contributed by atoms with Crippen molar-refractivity contribution in [2.75, 3.05) is 19.7 Å². The number of halogens is 1. The summed E-state index contributed by atoms with van der Waals surface area (Å²) in [6.07, 6.45) is -0.336. The fourth-order valence-corrected chi connectivity index (χ4v) is 2.78. The third kappa shape index (κ3) is 4.34. The number of benzene rings is 2. The lowest BCUT2D eigenvalue weighted by Crippen LogP contribution is -2.46. The van der Waals surface area contributed by atoms with Crippen molar-refractivity contribution < 1.29 is 13.9 Å². The number of nitrogens with one attached hydrogen (secondary N) is 1. The van der Waals surface area contributed by atoms with E-state index in [1.54, 1.807) is 35.2 Å². The van der Waals surface area contributed by atoms with Gasteiger partial charge in [-0.15, -0.1) is 0 Å². The summed E-state index contributed by atoms with van der Waals surface area (Å²) in [4.78, 5) is 14.0. The average Bonchev–Trinajstić information content (AvgIpc) is 2.66. The molecule has 1 fully saturated rings. The van der Waals surface area contributed by atoms with E-state index >= 15 is 0 Å². The molecule has 1 saturated heterocycles. The van der Waals surface area contributed by atoms with Crippen LogP contribution in [0.25, 0.3) is 0 Å². The molecule has 1 atom stereocenters. The van der Waals surface area contributed by atoms with E-state index in [0.29, 0.717) is 31.8 Å². The molecule has 6 heteroatoms. The first kappa shape index (κ1) is 16.9. The normalized spacial score (nSPS) is 17.0. The van der Waals surface area contributed by atoms with Gasteiger partial charge in [0, 0.05) is 13.1 Å². The number of carbonyl (C=O) groups is 1. The number of nitrogens with zero attached hydrogens (tertiary/aromatic N) is 2. The van der Waals surface area contributed by atoms with E-state index in [-0.39, 0.29) is 18.0 Å². The maximum absolute atomic E-state index is 13.4.